The van der Waals surface area contributed by atoms with Gasteiger partial charge in [0.05, 0.1) is 5.69 Å². The normalized spacial score (nSPS) is 12.1. The van der Waals surface area contributed by atoms with Crippen LogP contribution in [-0.2, 0) is 5.41 Å². The molecule has 12 aromatic rings. The molecule has 77 heavy (non-hydrogen) atoms. The summed E-state index contributed by atoms with van der Waals surface area (Å²) in [5.74, 6) is 0. The van der Waals surface area contributed by atoms with Crippen LogP contribution in [0, 0.1) is 0 Å². The van der Waals surface area contributed by atoms with E-state index in [9.17, 15) is 0 Å². The van der Waals surface area contributed by atoms with Crippen LogP contribution >= 0.6 is 0 Å². The SMILES string of the molecule is CC1(C)c2ccccc2-c2ccc(N(c3ccc(-c4cc(-c5ccccc5)c(-c5ccc(N(c6ccccc6)c6ccc(-c7ccccc7)cc6)cc5)cc4-c4ccccc4)cc3)c3ccccc3-c3ccccc3)cc21. The Labute approximate surface area is 453 Å². The molecule has 0 saturated heterocycles. The number of fused-ring (bicyclic) bond motifs is 3. The molecule has 13 rings (SSSR count). The minimum atomic E-state index is -0.146. The van der Waals surface area contributed by atoms with E-state index in [1.807, 2.05) is 0 Å². The Hall–Kier alpha value is -9.76. The number of para-hydroxylation sites is 2. The molecule has 2 heteroatoms. The zero-order chi connectivity index (χ0) is 51.7. The number of rotatable bonds is 12. The lowest BCUT2D eigenvalue weighted by Gasteiger charge is -2.30. The van der Waals surface area contributed by atoms with Crippen LogP contribution in [0.15, 0.2) is 303 Å². The molecule has 0 aromatic heterocycles. The number of hydrogen-bond acceptors (Lipinski definition) is 2. The maximum absolute atomic E-state index is 2.45. The standard InChI is InChI=1S/C75H56N2/c1-75(2)72-34-20-18-33-66(72)67-49-48-64(50-73(67)75)77(74-35-21-19-32-65(74)55-24-10-4-11-25-55)63-46-40-59(41-47-63)71-52-68(56-26-12-5-13-27-56)70(51-69(71)57-28-14-6-15-29-57)58-38-44-62(45-39-58)76(60-30-16-7-17-31-60)61-42-36-54(37-43-61)53-22-8-3-9-23-53/h3-52H,1-2H3. The van der Waals surface area contributed by atoms with E-state index in [2.05, 4.69) is 327 Å². The highest BCUT2D eigenvalue weighted by Crippen LogP contribution is 2.52. The summed E-state index contributed by atoms with van der Waals surface area (Å²) in [7, 11) is 0. The maximum Gasteiger partial charge on any atom is 0.0540 e. The first-order valence-electron chi connectivity index (χ1n) is 26.7. The van der Waals surface area contributed by atoms with Crippen molar-refractivity contribution < 1.29 is 0 Å². The average molecular weight is 985 g/mol. The van der Waals surface area contributed by atoms with Gasteiger partial charge in [-0.05, 0) is 162 Å². The average Bonchev–Trinajstić information content (AvgIpc) is 3.80. The van der Waals surface area contributed by atoms with Crippen LogP contribution in [0.2, 0.25) is 0 Å². The van der Waals surface area contributed by atoms with E-state index in [4.69, 9.17) is 0 Å². The minimum absolute atomic E-state index is 0.146. The van der Waals surface area contributed by atoms with Crippen molar-refractivity contribution >= 4 is 34.1 Å². The van der Waals surface area contributed by atoms with Crippen molar-refractivity contribution in [3.63, 3.8) is 0 Å². The van der Waals surface area contributed by atoms with Crippen LogP contribution in [-0.4, -0.2) is 0 Å². The van der Waals surface area contributed by atoms with Crippen LogP contribution in [0.5, 0.6) is 0 Å². The van der Waals surface area contributed by atoms with E-state index < -0.39 is 0 Å². The monoisotopic (exact) mass is 984 g/mol. The highest BCUT2D eigenvalue weighted by molar-refractivity contribution is 5.97. The molecule has 0 aliphatic heterocycles. The molecule has 2 nitrogen and oxygen atoms in total. The fourth-order valence-corrected chi connectivity index (χ4v) is 11.6. The van der Waals surface area contributed by atoms with E-state index in [0.717, 1.165) is 45.3 Å². The molecule has 366 valence electrons. The molecule has 1 aliphatic rings. The first kappa shape index (κ1) is 47.0. The van der Waals surface area contributed by atoms with Gasteiger partial charge >= 0.3 is 0 Å². The van der Waals surface area contributed by atoms with Gasteiger partial charge in [-0.3, -0.25) is 0 Å². The molecule has 0 amide bonds. The van der Waals surface area contributed by atoms with Crippen molar-refractivity contribution in [1.82, 2.24) is 0 Å². The third kappa shape index (κ3) is 8.90. The van der Waals surface area contributed by atoms with Crippen LogP contribution in [0.3, 0.4) is 0 Å². The Bertz CT molecular complexity index is 4000. The van der Waals surface area contributed by atoms with Gasteiger partial charge in [-0.15, -0.1) is 0 Å². The van der Waals surface area contributed by atoms with Gasteiger partial charge in [0.15, 0.2) is 0 Å². The van der Waals surface area contributed by atoms with Gasteiger partial charge in [0.1, 0.15) is 0 Å². The van der Waals surface area contributed by atoms with Gasteiger partial charge in [-0.2, -0.15) is 0 Å². The molecule has 0 atom stereocenters. The molecular weight excluding hydrogens is 929 g/mol. The molecule has 12 aromatic carbocycles. The molecule has 0 radical (unpaired) electrons. The molecule has 0 heterocycles. The first-order chi connectivity index (χ1) is 38.0. The smallest absolute Gasteiger partial charge is 0.0540 e. The van der Waals surface area contributed by atoms with Gasteiger partial charge in [0.25, 0.3) is 0 Å². The van der Waals surface area contributed by atoms with E-state index in [1.54, 1.807) is 0 Å². The van der Waals surface area contributed by atoms with Gasteiger partial charge in [-0.1, -0.05) is 238 Å². The molecule has 0 spiro atoms. The third-order valence-corrected chi connectivity index (χ3v) is 15.5. The molecule has 0 bridgehead atoms. The molecular formula is C75H56N2. The molecule has 0 saturated carbocycles. The van der Waals surface area contributed by atoms with Crippen molar-refractivity contribution in [3.05, 3.63) is 314 Å². The zero-order valence-corrected chi connectivity index (χ0v) is 43.3. The zero-order valence-electron chi connectivity index (χ0n) is 43.3. The quantitative estimate of drug-likeness (QED) is 0.120. The predicted octanol–water partition coefficient (Wildman–Crippen LogP) is 20.9. The van der Waals surface area contributed by atoms with Gasteiger partial charge in [0.2, 0.25) is 0 Å². The Morgan fingerprint density at radius 2 is 0.532 bits per heavy atom. The van der Waals surface area contributed by atoms with Crippen molar-refractivity contribution in [2.75, 3.05) is 9.80 Å². The van der Waals surface area contributed by atoms with Crippen molar-refractivity contribution in [2.45, 2.75) is 19.3 Å². The summed E-state index contributed by atoms with van der Waals surface area (Å²) in [4.78, 5) is 4.79. The number of nitrogens with zero attached hydrogens (tertiary/aromatic N) is 2. The fourth-order valence-electron chi connectivity index (χ4n) is 11.6. The van der Waals surface area contributed by atoms with E-state index >= 15 is 0 Å². The van der Waals surface area contributed by atoms with Crippen LogP contribution in [0.4, 0.5) is 34.1 Å². The summed E-state index contributed by atoms with van der Waals surface area (Å²) in [5.41, 5.74) is 25.9. The summed E-state index contributed by atoms with van der Waals surface area (Å²) < 4.78 is 0. The van der Waals surface area contributed by atoms with E-state index in [1.165, 1.54) is 77.9 Å². The second-order valence-corrected chi connectivity index (χ2v) is 20.5. The molecule has 0 unspecified atom stereocenters. The Morgan fingerprint density at radius 3 is 1.04 bits per heavy atom. The highest BCUT2D eigenvalue weighted by Gasteiger charge is 2.36. The second kappa shape index (κ2) is 20.2. The fraction of sp³-hybridized carbons (Fsp3) is 0.0400. The summed E-state index contributed by atoms with van der Waals surface area (Å²) in [6, 6.07) is 111. The predicted molar refractivity (Wildman–Crippen MR) is 326 cm³/mol. The van der Waals surface area contributed by atoms with Gasteiger partial charge in [0, 0.05) is 39.4 Å². The van der Waals surface area contributed by atoms with Crippen molar-refractivity contribution in [2.24, 2.45) is 0 Å². The van der Waals surface area contributed by atoms with E-state index in [-0.39, 0.29) is 5.41 Å². The van der Waals surface area contributed by atoms with Crippen molar-refractivity contribution in [1.29, 1.82) is 0 Å². The van der Waals surface area contributed by atoms with Crippen LogP contribution < -0.4 is 9.80 Å². The Kier molecular flexibility index (Phi) is 12.3. The number of hydrogen-bond donors (Lipinski definition) is 0. The highest BCUT2D eigenvalue weighted by atomic mass is 15.1. The van der Waals surface area contributed by atoms with Crippen LogP contribution in [0.25, 0.3) is 77.9 Å². The molecule has 0 fully saturated rings. The van der Waals surface area contributed by atoms with Gasteiger partial charge in [-0.25, -0.2) is 0 Å². The first-order valence-corrected chi connectivity index (χ1v) is 26.7. The maximum atomic E-state index is 2.45. The summed E-state index contributed by atoms with van der Waals surface area (Å²) in [6.07, 6.45) is 0. The lowest BCUT2D eigenvalue weighted by molar-refractivity contribution is 0.660. The van der Waals surface area contributed by atoms with Gasteiger partial charge < -0.3 is 9.80 Å². The summed E-state index contributed by atoms with van der Waals surface area (Å²) in [5, 5.41) is 0. The Balaban J connectivity index is 0.928. The number of anilines is 6. The third-order valence-electron chi connectivity index (χ3n) is 15.5. The Morgan fingerprint density at radius 1 is 0.208 bits per heavy atom. The molecule has 1 aliphatic carbocycles. The number of benzene rings is 12. The minimum Gasteiger partial charge on any atom is -0.311 e. The lowest BCUT2D eigenvalue weighted by atomic mass is 9.82. The second-order valence-electron chi connectivity index (χ2n) is 20.5. The van der Waals surface area contributed by atoms with Crippen LogP contribution in [0.1, 0.15) is 25.0 Å². The molecule has 0 N–H and O–H groups in total. The topological polar surface area (TPSA) is 6.48 Å². The van der Waals surface area contributed by atoms with Crippen molar-refractivity contribution in [3.8, 4) is 77.9 Å². The lowest BCUT2D eigenvalue weighted by Crippen LogP contribution is -2.16. The largest absolute Gasteiger partial charge is 0.311 e. The van der Waals surface area contributed by atoms with E-state index in [0.29, 0.717) is 0 Å². The summed E-state index contributed by atoms with van der Waals surface area (Å²) >= 11 is 0. The summed E-state index contributed by atoms with van der Waals surface area (Å²) in [6.45, 7) is 4.72.